The van der Waals surface area contributed by atoms with Crippen LogP contribution in [0.15, 0.2) is 48.5 Å². The van der Waals surface area contributed by atoms with Gasteiger partial charge >= 0.3 is 0 Å². The van der Waals surface area contributed by atoms with Crippen LogP contribution in [0.2, 0.25) is 0 Å². The fourth-order valence-electron chi connectivity index (χ4n) is 3.76. The molecule has 2 aromatic carbocycles. The van der Waals surface area contributed by atoms with Gasteiger partial charge in [-0.25, -0.2) is 0 Å². The van der Waals surface area contributed by atoms with Gasteiger partial charge in [-0.05, 0) is 30.4 Å². The molecule has 2 nitrogen and oxygen atoms in total. The minimum absolute atomic E-state index is 0.0225. The second-order valence-corrected chi connectivity index (χ2v) is 6.08. The quantitative estimate of drug-likeness (QED) is 0.841. The van der Waals surface area contributed by atoms with Crippen molar-refractivity contribution in [1.82, 2.24) is 0 Å². The van der Waals surface area contributed by atoms with Crippen LogP contribution >= 0.6 is 0 Å². The van der Waals surface area contributed by atoms with E-state index in [0.717, 1.165) is 35.1 Å². The minimum Gasteiger partial charge on any atom is -0.294 e. The molecule has 2 aliphatic carbocycles. The van der Waals surface area contributed by atoms with E-state index < -0.39 is 0 Å². The molecule has 21 heavy (non-hydrogen) atoms. The molecule has 0 fully saturated rings. The van der Waals surface area contributed by atoms with Gasteiger partial charge in [0.15, 0.2) is 11.6 Å². The highest BCUT2D eigenvalue weighted by Crippen LogP contribution is 2.36. The van der Waals surface area contributed by atoms with Crippen molar-refractivity contribution in [2.45, 2.75) is 19.3 Å². The minimum atomic E-state index is -0.0225. The molecule has 0 spiro atoms. The number of fused-ring (bicyclic) bond motifs is 2. The molecule has 0 aliphatic heterocycles. The van der Waals surface area contributed by atoms with Gasteiger partial charge in [-0.2, -0.15) is 0 Å². The summed E-state index contributed by atoms with van der Waals surface area (Å²) in [6.45, 7) is 0. The number of benzene rings is 2. The van der Waals surface area contributed by atoms with E-state index in [1.54, 1.807) is 0 Å². The van der Waals surface area contributed by atoms with E-state index in [1.807, 2.05) is 48.5 Å². The largest absolute Gasteiger partial charge is 0.294 e. The van der Waals surface area contributed by atoms with Crippen molar-refractivity contribution < 1.29 is 9.59 Å². The third-order valence-electron chi connectivity index (χ3n) is 4.81. The van der Waals surface area contributed by atoms with Crippen molar-refractivity contribution in [3.63, 3.8) is 0 Å². The molecule has 0 unspecified atom stereocenters. The summed E-state index contributed by atoms with van der Waals surface area (Å²) in [4.78, 5) is 24.9. The van der Waals surface area contributed by atoms with Gasteiger partial charge in [0.05, 0.1) is 0 Å². The Labute approximate surface area is 123 Å². The standard InChI is InChI=1S/C19H16O2/c20-18-14(9-12-5-1-3-7-16(12)18)11-15-10-13-6-2-4-8-17(13)19(15)21/h1-8,14-15H,9-11H2/t14-,15-/m0/s1. The first kappa shape index (κ1) is 12.5. The van der Waals surface area contributed by atoms with Crippen LogP contribution < -0.4 is 0 Å². The highest BCUT2D eigenvalue weighted by atomic mass is 16.1. The molecule has 0 aromatic heterocycles. The predicted molar refractivity (Wildman–Crippen MR) is 80.6 cm³/mol. The van der Waals surface area contributed by atoms with Crippen molar-refractivity contribution in [3.8, 4) is 0 Å². The molecule has 0 saturated heterocycles. The van der Waals surface area contributed by atoms with Gasteiger partial charge < -0.3 is 0 Å². The smallest absolute Gasteiger partial charge is 0.166 e. The fraction of sp³-hybridized carbons (Fsp3) is 0.263. The number of carbonyl (C=O) groups is 2. The van der Waals surface area contributed by atoms with Crippen LogP contribution in [-0.2, 0) is 12.8 Å². The monoisotopic (exact) mass is 276 g/mol. The summed E-state index contributed by atoms with van der Waals surface area (Å²) in [5, 5.41) is 0. The van der Waals surface area contributed by atoms with Crippen LogP contribution in [0.3, 0.4) is 0 Å². The Morgan fingerprint density at radius 1 is 0.714 bits per heavy atom. The average Bonchev–Trinajstić information content (AvgIpc) is 2.99. The van der Waals surface area contributed by atoms with Crippen LogP contribution in [0.25, 0.3) is 0 Å². The second kappa shape index (κ2) is 4.66. The molecule has 2 aliphatic rings. The Kier molecular flexibility index (Phi) is 2.78. The molecule has 2 atom stereocenters. The van der Waals surface area contributed by atoms with E-state index in [-0.39, 0.29) is 23.4 Å². The summed E-state index contributed by atoms with van der Waals surface area (Å²) in [5.74, 6) is 0.389. The molecular weight excluding hydrogens is 260 g/mol. The van der Waals surface area contributed by atoms with E-state index >= 15 is 0 Å². The second-order valence-electron chi connectivity index (χ2n) is 6.08. The molecule has 2 heteroatoms. The van der Waals surface area contributed by atoms with Gasteiger partial charge in [0.1, 0.15) is 0 Å². The molecule has 104 valence electrons. The van der Waals surface area contributed by atoms with Gasteiger partial charge in [0.2, 0.25) is 0 Å². The van der Waals surface area contributed by atoms with Crippen LogP contribution in [0.5, 0.6) is 0 Å². The molecule has 0 N–H and O–H groups in total. The van der Waals surface area contributed by atoms with Gasteiger partial charge in [-0.15, -0.1) is 0 Å². The molecule has 0 heterocycles. The number of hydrogen-bond acceptors (Lipinski definition) is 2. The van der Waals surface area contributed by atoms with Crippen molar-refractivity contribution in [2.24, 2.45) is 11.8 Å². The highest BCUT2D eigenvalue weighted by molar-refractivity contribution is 6.04. The van der Waals surface area contributed by atoms with E-state index in [0.29, 0.717) is 6.42 Å². The van der Waals surface area contributed by atoms with Gasteiger partial charge in [0.25, 0.3) is 0 Å². The molecular formula is C19H16O2. The van der Waals surface area contributed by atoms with Crippen LogP contribution in [0.4, 0.5) is 0 Å². The summed E-state index contributed by atoms with van der Waals surface area (Å²) < 4.78 is 0. The number of carbonyl (C=O) groups excluding carboxylic acids is 2. The first-order valence-corrected chi connectivity index (χ1v) is 7.48. The maximum Gasteiger partial charge on any atom is 0.166 e. The Hall–Kier alpha value is -2.22. The Balaban J connectivity index is 1.55. The Morgan fingerprint density at radius 2 is 1.14 bits per heavy atom. The summed E-state index contributed by atoms with van der Waals surface area (Å²) in [5.41, 5.74) is 3.97. The SMILES string of the molecule is O=C1c2ccccc2C[C@H]1C[C@@H]1Cc2ccccc2C1=O. The topological polar surface area (TPSA) is 34.1 Å². The normalized spacial score (nSPS) is 23.2. The number of ketones is 2. The number of rotatable bonds is 2. The third kappa shape index (κ3) is 1.94. The molecule has 0 radical (unpaired) electrons. The molecule has 0 bridgehead atoms. The van der Waals surface area contributed by atoms with Gasteiger partial charge in [0, 0.05) is 23.0 Å². The lowest BCUT2D eigenvalue weighted by Crippen LogP contribution is -2.18. The van der Waals surface area contributed by atoms with Crippen LogP contribution in [0.1, 0.15) is 38.3 Å². The van der Waals surface area contributed by atoms with Crippen LogP contribution in [0, 0.1) is 11.8 Å². The maximum absolute atomic E-state index is 12.5. The van der Waals surface area contributed by atoms with E-state index in [2.05, 4.69) is 0 Å². The molecule has 4 rings (SSSR count). The predicted octanol–water partition coefficient (Wildman–Crippen LogP) is 3.49. The van der Waals surface area contributed by atoms with Crippen molar-refractivity contribution >= 4 is 11.6 Å². The number of Topliss-reactive ketones (excluding diaryl/α,β-unsaturated/α-hetero) is 2. The zero-order chi connectivity index (χ0) is 14.4. The first-order chi connectivity index (χ1) is 10.2. The maximum atomic E-state index is 12.5. The lowest BCUT2D eigenvalue weighted by Gasteiger charge is -2.12. The van der Waals surface area contributed by atoms with Crippen molar-refractivity contribution in [1.29, 1.82) is 0 Å². The van der Waals surface area contributed by atoms with Gasteiger partial charge in [-0.3, -0.25) is 9.59 Å². The average molecular weight is 276 g/mol. The molecule has 0 saturated carbocycles. The highest BCUT2D eigenvalue weighted by Gasteiger charge is 2.37. The zero-order valence-corrected chi connectivity index (χ0v) is 11.7. The molecule has 0 amide bonds. The van der Waals surface area contributed by atoms with Crippen molar-refractivity contribution in [3.05, 3.63) is 70.8 Å². The Morgan fingerprint density at radius 3 is 1.57 bits per heavy atom. The van der Waals surface area contributed by atoms with E-state index in [4.69, 9.17) is 0 Å². The van der Waals surface area contributed by atoms with Gasteiger partial charge in [-0.1, -0.05) is 48.5 Å². The van der Waals surface area contributed by atoms with E-state index in [9.17, 15) is 9.59 Å². The zero-order valence-electron chi connectivity index (χ0n) is 11.7. The third-order valence-corrected chi connectivity index (χ3v) is 4.81. The first-order valence-electron chi connectivity index (χ1n) is 7.48. The van der Waals surface area contributed by atoms with E-state index in [1.165, 1.54) is 0 Å². The Bertz CT molecular complexity index is 681. The van der Waals surface area contributed by atoms with Crippen LogP contribution in [-0.4, -0.2) is 11.6 Å². The summed E-state index contributed by atoms with van der Waals surface area (Å²) in [7, 11) is 0. The van der Waals surface area contributed by atoms with Crippen molar-refractivity contribution in [2.75, 3.05) is 0 Å². The lowest BCUT2D eigenvalue weighted by atomic mass is 9.89. The summed E-state index contributed by atoms with van der Waals surface area (Å²) >= 11 is 0. The lowest BCUT2D eigenvalue weighted by molar-refractivity contribution is 0.0872. The fourth-order valence-corrected chi connectivity index (χ4v) is 3.76. The molecule has 2 aromatic rings. The summed E-state index contributed by atoms with van der Waals surface area (Å²) in [6, 6.07) is 15.6. The summed E-state index contributed by atoms with van der Waals surface area (Å²) in [6.07, 6.45) is 2.26. The number of hydrogen-bond donors (Lipinski definition) is 0.